The van der Waals surface area contributed by atoms with Crippen LogP contribution in [0.4, 0.5) is 14.6 Å². The third-order valence-electron chi connectivity index (χ3n) is 1.32. The molecule has 1 amide bonds. The van der Waals surface area contributed by atoms with Gasteiger partial charge in [0.05, 0.1) is 6.42 Å². The molecule has 0 saturated carbocycles. The lowest BCUT2D eigenvalue weighted by Crippen LogP contribution is -2.15. The number of aryl methyl sites for hydroxylation is 1. The maximum Gasteiger partial charge on any atom is 0.247 e. The van der Waals surface area contributed by atoms with Gasteiger partial charge in [-0.1, -0.05) is 0 Å². The van der Waals surface area contributed by atoms with Crippen molar-refractivity contribution in [1.29, 1.82) is 0 Å². The summed E-state index contributed by atoms with van der Waals surface area (Å²) in [6.07, 6.45) is -1.81. The zero-order valence-electron chi connectivity index (χ0n) is 7.00. The van der Waals surface area contributed by atoms with Gasteiger partial charge in [0.1, 0.15) is 0 Å². The van der Waals surface area contributed by atoms with Crippen molar-refractivity contribution in [2.45, 2.75) is 12.8 Å². The lowest BCUT2D eigenvalue weighted by atomic mass is 10.4. The Morgan fingerprint density at radius 3 is 2.92 bits per heavy atom. The first-order valence-electron chi connectivity index (χ1n) is 3.65. The molecule has 0 aliphatic heterocycles. The summed E-state index contributed by atoms with van der Waals surface area (Å²) in [6, 6.07) is 1.53. The van der Waals surface area contributed by atoms with Gasteiger partial charge < -0.3 is 5.32 Å². The summed E-state index contributed by atoms with van der Waals surface area (Å²) in [6.45, 7) is 0. The predicted octanol–water partition coefficient (Wildman–Crippen LogP) is 1.01. The average Bonchev–Trinajstić information content (AvgIpc) is 2.33. The standard InChI is InChI=1S/C7H9F2N3O/c1-12-3-2-6(11-12)10-7(13)4-5(8)9/h2-3,5H,4H2,1H3,(H,10,11,13). The zero-order valence-corrected chi connectivity index (χ0v) is 7.00. The number of amides is 1. The van der Waals surface area contributed by atoms with Crippen molar-refractivity contribution in [3.05, 3.63) is 12.3 Å². The Morgan fingerprint density at radius 2 is 2.46 bits per heavy atom. The quantitative estimate of drug-likeness (QED) is 0.771. The number of anilines is 1. The van der Waals surface area contributed by atoms with E-state index in [-0.39, 0.29) is 5.82 Å². The van der Waals surface area contributed by atoms with Crippen molar-refractivity contribution in [3.8, 4) is 0 Å². The van der Waals surface area contributed by atoms with E-state index in [9.17, 15) is 13.6 Å². The topological polar surface area (TPSA) is 46.9 Å². The first-order chi connectivity index (χ1) is 6.08. The Hall–Kier alpha value is -1.46. The number of aromatic nitrogens is 2. The first-order valence-corrected chi connectivity index (χ1v) is 3.65. The van der Waals surface area contributed by atoms with E-state index in [4.69, 9.17) is 0 Å². The van der Waals surface area contributed by atoms with Gasteiger partial charge in [0.25, 0.3) is 0 Å². The Kier molecular flexibility index (Phi) is 2.94. The van der Waals surface area contributed by atoms with Crippen molar-refractivity contribution in [2.24, 2.45) is 7.05 Å². The van der Waals surface area contributed by atoms with E-state index in [2.05, 4.69) is 10.4 Å². The molecule has 0 atom stereocenters. The number of rotatable bonds is 3. The molecule has 0 bridgehead atoms. The lowest BCUT2D eigenvalue weighted by molar-refractivity contribution is -0.118. The van der Waals surface area contributed by atoms with Crippen LogP contribution >= 0.6 is 0 Å². The van der Waals surface area contributed by atoms with Gasteiger partial charge in [0, 0.05) is 19.3 Å². The SMILES string of the molecule is Cn1ccc(NC(=O)CC(F)F)n1. The monoisotopic (exact) mass is 189 g/mol. The molecule has 1 heterocycles. The van der Waals surface area contributed by atoms with Crippen LogP contribution in [-0.4, -0.2) is 22.1 Å². The molecular weight excluding hydrogens is 180 g/mol. The molecule has 0 fully saturated rings. The van der Waals surface area contributed by atoms with Crippen LogP contribution < -0.4 is 5.32 Å². The molecule has 1 aromatic rings. The fraction of sp³-hybridized carbons (Fsp3) is 0.429. The summed E-state index contributed by atoms with van der Waals surface area (Å²) in [5.41, 5.74) is 0. The van der Waals surface area contributed by atoms with Gasteiger partial charge in [0.15, 0.2) is 5.82 Å². The van der Waals surface area contributed by atoms with Gasteiger partial charge in [-0.2, -0.15) is 5.10 Å². The van der Waals surface area contributed by atoms with Crippen LogP contribution in [0.3, 0.4) is 0 Å². The highest BCUT2D eigenvalue weighted by atomic mass is 19.3. The number of hydrogen-bond donors (Lipinski definition) is 1. The minimum Gasteiger partial charge on any atom is -0.309 e. The average molecular weight is 189 g/mol. The van der Waals surface area contributed by atoms with E-state index in [0.717, 1.165) is 0 Å². The number of hydrogen-bond acceptors (Lipinski definition) is 2. The second-order valence-corrected chi connectivity index (χ2v) is 2.52. The summed E-state index contributed by atoms with van der Waals surface area (Å²) in [7, 11) is 1.67. The van der Waals surface area contributed by atoms with Crippen LogP contribution in [-0.2, 0) is 11.8 Å². The fourth-order valence-electron chi connectivity index (χ4n) is 0.816. The van der Waals surface area contributed by atoms with Gasteiger partial charge in [-0.15, -0.1) is 0 Å². The van der Waals surface area contributed by atoms with Gasteiger partial charge in [-0.05, 0) is 0 Å². The van der Waals surface area contributed by atoms with Gasteiger partial charge in [-0.3, -0.25) is 9.48 Å². The molecule has 1 aromatic heterocycles. The molecular formula is C7H9F2N3O. The van der Waals surface area contributed by atoms with Gasteiger partial charge in [0.2, 0.25) is 12.3 Å². The molecule has 1 N–H and O–H groups in total. The van der Waals surface area contributed by atoms with Crippen molar-refractivity contribution in [1.82, 2.24) is 9.78 Å². The number of nitrogens with one attached hydrogen (secondary N) is 1. The van der Waals surface area contributed by atoms with Crippen molar-refractivity contribution >= 4 is 11.7 Å². The second-order valence-electron chi connectivity index (χ2n) is 2.52. The maximum absolute atomic E-state index is 11.7. The summed E-state index contributed by atoms with van der Waals surface area (Å²) in [4.78, 5) is 10.8. The van der Waals surface area contributed by atoms with Crippen LogP contribution in [0.15, 0.2) is 12.3 Å². The number of halogens is 2. The summed E-state index contributed by atoms with van der Waals surface area (Å²) in [5, 5.41) is 6.04. The normalized spacial score (nSPS) is 10.5. The zero-order chi connectivity index (χ0) is 9.84. The molecule has 0 radical (unpaired) electrons. The molecule has 0 aromatic carbocycles. The van der Waals surface area contributed by atoms with Crippen LogP contribution in [0, 0.1) is 0 Å². The highest BCUT2D eigenvalue weighted by Gasteiger charge is 2.11. The van der Waals surface area contributed by atoms with E-state index < -0.39 is 18.8 Å². The second kappa shape index (κ2) is 3.97. The molecule has 0 aliphatic rings. The highest BCUT2D eigenvalue weighted by Crippen LogP contribution is 2.04. The molecule has 0 saturated heterocycles. The molecule has 6 heteroatoms. The maximum atomic E-state index is 11.7. The number of carbonyl (C=O) groups excluding carboxylic acids is 1. The van der Waals surface area contributed by atoms with Crippen molar-refractivity contribution < 1.29 is 13.6 Å². The predicted molar refractivity (Wildman–Crippen MR) is 42.5 cm³/mol. The molecule has 0 aliphatic carbocycles. The van der Waals surface area contributed by atoms with Crippen LogP contribution in [0.5, 0.6) is 0 Å². The third kappa shape index (κ3) is 3.18. The summed E-state index contributed by atoms with van der Waals surface area (Å²) < 4.78 is 24.9. The van der Waals surface area contributed by atoms with E-state index in [1.165, 1.54) is 10.7 Å². The van der Waals surface area contributed by atoms with Crippen molar-refractivity contribution in [3.63, 3.8) is 0 Å². The van der Waals surface area contributed by atoms with Gasteiger partial charge >= 0.3 is 0 Å². The van der Waals surface area contributed by atoms with Gasteiger partial charge in [-0.25, -0.2) is 8.78 Å². The van der Waals surface area contributed by atoms with E-state index in [0.29, 0.717) is 0 Å². The number of alkyl halides is 2. The molecule has 72 valence electrons. The largest absolute Gasteiger partial charge is 0.309 e. The molecule has 4 nitrogen and oxygen atoms in total. The molecule has 0 spiro atoms. The summed E-state index contributed by atoms with van der Waals surface area (Å²) >= 11 is 0. The highest BCUT2D eigenvalue weighted by molar-refractivity contribution is 5.89. The Morgan fingerprint density at radius 1 is 1.77 bits per heavy atom. The minimum atomic E-state index is -2.62. The van der Waals surface area contributed by atoms with E-state index in [1.807, 2.05) is 0 Å². The van der Waals surface area contributed by atoms with Crippen LogP contribution in [0.25, 0.3) is 0 Å². The summed E-state index contributed by atoms with van der Waals surface area (Å²) in [5.74, 6) is -0.443. The van der Waals surface area contributed by atoms with E-state index in [1.54, 1.807) is 13.2 Å². The lowest BCUT2D eigenvalue weighted by Gasteiger charge is -1.99. The molecule has 0 unspecified atom stereocenters. The molecule has 13 heavy (non-hydrogen) atoms. The van der Waals surface area contributed by atoms with E-state index >= 15 is 0 Å². The fourth-order valence-corrected chi connectivity index (χ4v) is 0.816. The Balaban J connectivity index is 2.45. The van der Waals surface area contributed by atoms with Crippen LogP contribution in [0.1, 0.15) is 6.42 Å². The Labute approximate surface area is 73.5 Å². The smallest absolute Gasteiger partial charge is 0.247 e. The molecule has 1 rings (SSSR count). The third-order valence-corrected chi connectivity index (χ3v) is 1.32. The Bertz CT molecular complexity index is 298. The minimum absolute atomic E-state index is 0.285. The van der Waals surface area contributed by atoms with Crippen molar-refractivity contribution in [2.75, 3.05) is 5.32 Å². The van der Waals surface area contributed by atoms with Crippen LogP contribution in [0.2, 0.25) is 0 Å². The number of nitrogens with zero attached hydrogens (tertiary/aromatic N) is 2. The first kappa shape index (κ1) is 9.63. The number of carbonyl (C=O) groups is 1.